The maximum Gasteiger partial charge on any atom is 0.321 e. The zero-order valence-electron chi connectivity index (χ0n) is 21.3. The number of esters is 1. The van der Waals surface area contributed by atoms with Crippen molar-refractivity contribution in [1.29, 1.82) is 0 Å². The molecule has 8 heteroatoms. The molecule has 5 rings (SSSR count). The highest BCUT2D eigenvalue weighted by atomic mass is 19.1. The summed E-state index contributed by atoms with van der Waals surface area (Å²) in [6.45, 7) is 4.65. The zero-order valence-corrected chi connectivity index (χ0v) is 21.3. The second kappa shape index (κ2) is 11.6. The second-order valence-electron chi connectivity index (χ2n) is 9.41. The number of nitrogens with one attached hydrogen (secondary N) is 1. The van der Waals surface area contributed by atoms with Crippen LogP contribution in [0.4, 0.5) is 4.39 Å². The van der Waals surface area contributed by atoms with Gasteiger partial charge in [0.05, 0.1) is 12.6 Å². The first-order valence-corrected chi connectivity index (χ1v) is 12.9. The summed E-state index contributed by atoms with van der Waals surface area (Å²) in [4.78, 5) is 35.1. The molecule has 0 unspecified atom stereocenters. The molecule has 38 heavy (non-hydrogen) atoms. The minimum absolute atomic E-state index is 0.114. The molecule has 2 aliphatic heterocycles. The SMILES string of the molecule is CCOC(=O)[C@@H]1C(=O)NC(N2CCN(C(c3ccccc3)c3ccccc3)CC2)=N[C@H]1c1ccc(F)cc1. The van der Waals surface area contributed by atoms with Crippen LogP contribution in [-0.4, -0.2) is 60.4 Å². The largest absolute Gasteiger partial charge is 0.465 e. The van der Waals surface area contributed by atoms with Crippen LogP contribution in [0.3, 0.4) is 0 Å². The summed E-state index contributed by atoms with van der Waals surface area (Å²) >= 11 is 0. The number of nitrogens with zero attached hydrogens (tertiary/aromatic N) is 3. The summed E-state index contributed by atoms with van der Waals surface area (Å²) in [6, 6.07) is 26.0. The summed E-state index contributed by atoms with van der Waals surface area (Å²) in [5, 5.41) is 2.84. The van der Waals surface area contributed by atoms with Gasteiger partial charge in [-0.1, -0.05) is 72.8 Å². The Labute approximate surface area is 221 Å². The predicted octanol–water partition coefficient (Wildman–Crippen LogP) is 3.94. The Kier molecular flexibility index (Phi) is 7.79. The average molecular weight is 515 g/mol. The molecule has 1 amide bonds. The van der Waals surface area contributed by atoms with Gasteiger partial charge in [-0.3, -0.25) is 19.8 Å². The molecule has 1 N–H and O–H groups in total. The molecule has 3 aromatic rings. The number of guanidine groups is 1. The van der Waals surface area contributed by atoms with Gasteiger partial charge in [-0.25, -0.2) is 9.38 Å². The van der Waals surface area contributed by atoms with E-state index in [1.165, 1.54) is 23.3 Å². The van der Waals surface area contributed by atoms with Crippen LogP contribution in [0.25, 0.3) is 0 Å². The lowest BCUT2D eigenvalue weighted by molar-refractivity contribution is -0.153. The Morgan fingerprint density at radius 3 is 2.08 bits per heavy atom. The molecule has 0 aromatic heterocycles. The van der Waals surface area contributed by atoms with Gasteiger partial charge in [-0.2, -0.15) is 0 Å². The second-order valence-corrected chi connectivity index (χ2v) is 9.41. The number of carbonyl (C=O) groups is 2. The number of rotatable bonds is 6. The summed E-state index contributed by atoms with van der Waals surface area (Å²) < 4.78 is 18.8. The highest BCUT2D eigenvalue weighted by Gasteiger charge is 2.42. The van der Waals surface area contributed by atoms with Crippen molar-refractivity contribution >= 4 is 17.8 Å². The van der Waals surface area contributed by atoms with Gasteiger partial charge in [0.2, 0.25) is 11.9 Å². The van der Waals surface area contributed by atoms with E-state index in [4.69, 9.17) is 9.73 Å². The molecule has 0 saturated carbocycles. The fraction of sp³-hybridized carbons (Fsp3) is 0.300. The Balaban J connectivity index is 1.38. The predicted molar refractivity (Wildman–Crippen MR) is 143 cm³/mol. The molecule has 0 spiro atoms. The van der Waals surface area contributed by atoms with Crippen LogP contribution >= 0.6 is 0 Å². The van der Waals surface area contributed by atoms with E-state index in [2.05, 4.69) is 58.7 Å². The van der Waals surface area contributed by atoms with E-state index < -0.39 is 29.7 Å². The number of hydrogen-bond acceptors (Lipinski definition) is 6. The third-order valence-corrected chi connectivity index (χ3v) is 7.06. The molecule has 2 atom stereocenters. The van der Waals surface area contributed by atoms with Crippen molar-refractivity contribution in [2.24, 2.45) is 10.9 Å². The standard InChI is InChI=1S/C30H31FN4O3/c1-2-38-29(37)25-26(21-13-15-24(31)16-14-21)32-30(33-28(25)36)35-19-17-34(18-20-35)27(22-9-5-3-6-10-22)23-11-7-4-8-12-23/h3-16,25-27H,2,17-20H2,1H3,(H,32,33,36)/t25-,26-/m0/s1. The molecule has 1 fully saturated rings. The fourth-order valence-corrected chi connectivity index (χ4v) is 5.20. The number of benzene rings is 3. The number of amides is 1. The van der Waals surface area contributed by atoms with Crippen molar-refractivity contribution < 1.29 is 18.7 Å². The molecule has 2 aliphatic rings. The fourth-order valence-electron chi connectivity index (χ4n) is 5.20. The third kappa shape index (κ3) is 5.45. The Bertz CT molecular complexity index is 1240. The van der Waals surface area contributed by atoms with Gasteiger partial charge in [0.1, 0.15) is 11.9 Å². The molecule has 1 saturated heterocycles. The van der Waals surface area contributed by atoms with E-state index in [1.807, 2.05) is 17.0 Å². The van der Waals surface area contributed by atoms with Crippen LogP contribution in [0.2, 0.25) is 0 Å². The Morgan fingerprint density at radius 1 is 0.947 bits per heavy atom. The van der Waals surface area contributed by atoms with Gasteiger partial charge in [0.25, 0.3) is 0 Å². The van der Waals surface area contributed by atoms with E-state index in [0.29, 0.717) is 24.6 Å². The first-order chi connectivity index (χ1) is 18.5. The number of halogens is 1. The van der Waals surface area contributed by atoms with Crippen molar-refractivity contribution in [3.63, 3.8) is 0 Å². The molecular formula is C30H31FN4O3. The lowest BCUT2D eigenvalue weighted by atomic mass is 9.91. The van der Waals surface area contributed by atoms with E-state index in [9.17, 15) is 14.0 Å². The van der Waals surface area contributed by atoms with Crippen LogP contribution in [0.5, 0.6) is 0 Å². The third-order valence-electron chi connectivity index (χ3n) is 7.06. The Hall–Kier alpha value is -4.04. The Morgan fingerprint density at radius 2 is 1.53 bits per heavy atom. The topological polar surface area (TPSA) is 74.2 Å². The van der Waals surface area contributed by atoms with Crippen molar-refractivity contribution in [3.8, 4) is 0 Å². The maximum absolute atomic E-state index is 13.6. The number of piperazine rings is 1. The average Bonchev–Trinajstić information content (AvgIpc) is 2.95. The summed E-state index contributed by atoms with van der Waals surface area (Å²) in [7, 11) is 0. The van der Waals surface area contributed by atoms with E-state index >= 15 is 0 Å². The van der Waals surface area contributed by atoms with E-state index in [1.54, 1.807) is 19.1 Å². The number of carbonyl (C=O) groups excluding carboxylic acids is 2. The number of aliphatic imine (C=N–C) groups is 1. The first-order valence-electron chi connectivity index (χ1n) is 12.9. The van der Waals surface area contributed by atoms with Crippen LogP contribution in [0.1, 0.15) is 35.7 Å². The first kappa shape index (κ1) is 25.6. The van der Waals surface area contributed by atoms with Crippen molar-refractivity contribution in [3.05, 3.63) is 107 Å². The van der Waals surface area contributed by atoms with Crippen LogP contribution < -0.4 is 5.32 Å². The normalized spacial score (nSPS) is 20.1. The zero-order chi connectivity index (χ0) is 26.5. The molecule has 0 bridgehead atoms. The van der Waals surface area contributed by atoms with Crippen molar-refractivity contribution in [1.82, 2.24) is 15.1 Å². The quantitative estimate of drug-likeness (QED) is 0.399. The molecule has 3 aromatic carbocycles. The highest BCUT2D eigenvalue weighted by Crippen LogP contribution is 2.32. The summed E-state index contributed by atoms with van der Waals surface area (Å²) in [6.07, 6.45) is 0. The smallest absolute Gasteiger partial charge is 0.321 e. The van der Waals surface area contributed by atoms with Crippen LogP contribution in [0.15, 0.2) is 89.9 Å². The van der Waals surface area contributed by atoms with Crippen LogP contribution in [0, 0.1) is 11.7 Å². The van der Waals surface area contributed by atoms with Crippen molar-refractivity contribution in [2.45, 2.75) is 19.0 Å². The summed E-state index contributed by atoms with van der Waals surface area (Å²) in [5.74, 6) is -2.20. The van der Waals surface area contributed by atoms with Crippen LogP contribution in [-0.2, 0) is 14.3 Å². The van der Waals surface area contributed by atoms with Gasteiger partial charge >= 0.3 is 5.97 Å². The van der Waals surface area contributed by atoms with E-state index in [-0.39, 0.29) is 12.6 Å². The van der Waals surface area contributed by atoms with Gasteiger partial charge in [-0.05, 0) is 35.7 Å². The lowest BCUT2D eigenvalue weighted by Gasteiger charge is -2.42. The highest BCUT2D eigenvalue weighted by molar-refractivity contribution is 6.08. The van der Waals surface area contributed by atoms with Gasteiger partial charge < -0.3 is 9.64 Å². The molecule has 196 valence electrons. The van der Waals surface area contributed by atoms with Gasteiger partial charge in [0.15, 0.2) is 5.92 Å². The summed E-state index contributed by atoms with van der Waals surface area (Å²) in [5.41, 5.74) is 3.04. The number of ether oxygens (including phenoxy) is 1. The molecule has 0 aliphatic carbocycles. The molecule has 0 radical (unpaired) electrons. The van der Waals surface area contributed by atoms with Gasteiger partial charge in [0, 0.05) is 26.2 Å². The maximum atomic E-state index is 13.6. The van der Waals surface area contributed by atoms with E-state index in [0.717, 1.165) is 13.1 Å². The molecule has 7 nitrogen and oxygen atoms in total. The van der Waals surface area contributed by atoms with Gasteiger partial charge in [-0.15, -0.1) is 0 Å². The molecular weight excluding hydrogens is 483 g/mol. The number of hydrogen-bond donors (Lipinski definition) is 1. The lowest BCUT2D eigenvalue weighted by Crippen LogP contribution is -2.57. The minimum Gasteiger partial charge on any atom is -0.465 e. The van der Waals surface area contributed by atoms with Crippen molar-refractivity contribution in [2.75, 3.05) is 32.8 Å². The minimum atomic E-state index is -1.13. The monoisotopic (exact) mass is 514 g/mol. The molecule has 2 heterocycles.